The highest BCUT2D eigenvalue weighted by atomic mass is 32.2. The third-order valence-electron chi connectivity index (χ3n) is 4.17. The number of rotatable bonds is 6. The molecular formula is C19H18N4O3S2. The Labute approximate surface area is 170 Å². The zero-order valence-corrected chi connectivity index (χ0v) is 16.7. The molecular weight excluding hydrogens is 396 g/mol. The van der Waals surface area contributed by atoms with Gasteiger partial charge in [0.25, 0.3) is 5.91 Å². The van der Waals surface area contributed by atoms with Gasteiger partial charge in [-0.1, -0.05) is 23.5 Å². The average molecular weight is 415 g/mol. The molecule has 0 unspecified atom stereocenters. The van der Waals surface area contributed by atoms with Crippen molar-refractivity contribution in [1.82, 2.24) is 10.3 Å². The minimum atomic E-state index is -0.189. The number of thioether (sulfide) groups is 1. The Balaban J connectivity index is 1.39. The van der Waals surface area contributed by atoms with Crippen LogP contribution in [0.5, 0.6) is 5.75 Å². The summed E-state index contributed by atoms with van der Waals surface area (Å²) in [6.07, 6.45) is 5.31. The molecule has 1 saturated heterocycles. The van der Waals surface area contributed by atoms with Crippen LogP contribution in [0, 0.1) is 5.92 Å². The van der Waals surface area contributed by atoms with Gasteiger partial charge < -0.3 is 15.4 Å². The minimum Gasteiger partial charge on any atom is -0.497 e. The molecule has 144 valence electrons. The highest BCUT2D eigenvalue weighted by Crippen LogP contribution is 2.32. The highest BCUT2D eigenvalue weighted by molar-refractivity contribution is 8.18. The molecule has 2 heterocycles. The summed E-state index contributed by atoms with van der Waals surface area (Å²) >= 11 is 2.64. The second-order valence-corrected chi connectivity index (χ2v) is 8.46. The van der Waals surface area contributed by atoms with Crippen molar-refractivity contribution in [2.75, 3.05) is 12.4 Å². The molecule has 1 aromatic heterocycles. The van der Waals surface area contributed by atoms with Crippen LogP contribution in [0.2, 0.25) is 0 Å². The summed E-state index contributed by atoms with van der Waals surface area (Å²) in [7, 11) is 1.62. The summed E-state index contributed by atoms with van der Waals surface area (Å²) < 4.78 is 5.21. The summed E-state index contributed by atoms with van der Waals surface area (Å²) in [5, 5.41) is 6.70. The van der Waals surface area contributed by atoms with Crippen molar-refractivity contribution in [3.8, 4) is 5.75 Å². The molecule has 1 saturated carbocycles. The number of carbonyl (C=O) groups excluding carboxylic acids is 2. The van der Waals surface area contributed by atoms with Crippen LogP contribution in [0.15, 0.2) is 40.4 Å². The molecule has 2 amide bonds. The molecule has 1 aliphatic carbocycles. The van der Waals surface area contributed by atoms with E-state index in [-0.39, 0.29) is 17.7 Å². The standard InChI is InChI=1S/C19H18N4O3S2/c1-26-13-4-2-3-11(7-13)9-20-19-23-17(25)15(28-19)8-14-10-21-18(27-14)22-16(24)12-5-6-12/h2-4,7-8,10,12H,5-6,9H2,1H3,(H,20,23,25)(H,21,22,24)/b15-8-. The van der Waals surface area contributed by atoms with E-state index >= 15 is 0 Å². The predicted molar refractivity (Wildman–Crippen MR) is 111 cm³/mol. The quantitative estimate of drug-likeness (QED) is 0.708. The molecule has 1 aliphatic heterocycles. The third-order valence-corrected chi connectivity index (χ3v) is 5.97. The average Bonchev–Trinajstić information content (AvgIpc) is 3.38. The van der Waals surface area contributed by atoms with Crippen molar-refractivity contribution in [3.63, 3.8) is 0 Å². The van der Waals surface area contributed by atoms with Crippen molar-refractivity contribution in [3.05, 3.63) is 45.8 Å². The molecule has 0 spiro atoms. The van der Waals surface area contributed by atoms with E-state index in [1.165, 1.54) is 23.1 Å². The number of amidine groups is 1. The SMILES string of the molecule is COc1cccc(CN=C2NC(=O)/C(=C/c3cnc(NC(=O)C4CC4)s3)S2)c1. The Bertz CT molecular complexity index is 979. The summed E-state index contributed by atoms with van der Waals surface area (Å²) in [5.41, 5.74) is 0.998. The lowest BCUT2D eigenvalue weighted by Crippen LogP contribution is -2.19. The Hall–Kier alpha value is -2.65. The Morgan fingerprint density at radius 3 is 3.11 bits per heavy atom. The molecule has 2 aromatic rings. The van der Waals surface area contributed by atoms with Crippen LogP contribution in [0.4, 0.5) is 5.13 Å². The second kappa shape index (κ2) is 8.15. The maximum Gasteiger partial charge on any atom is 0.264 e. The van der Waals surface area contributed by atoms with Gasteiger partial charge in [-0.2, -0.15) is 0 Å². The van der Waals surface area contributed by atoms with Gasteiger partial charge in [-0.05, 0) is 48.4 Å². The zero-order chi connectivity index (χ0) is 19.5. The molecule has 2 aliphatic rings. The Kier molecular flexibility index (Phi) is 5.45. The van der Waals surface area contributed by atoms with Crippen molar-refractivity contribution in [1.29, 1.82) is 0 Å². The summed E-state index contributed by atoms with van der Waals surface area (Å²) in [5.74, 6) is 0.737. The number of nitrogens with zero attached hydrogens (tertiary/aromatic N) is 2. The number of thiazole rings is 1. The lowest BCUT2D eigenvalue weighted by molar-refractivity contribution is -0.117. The van der Waals surface area contributed by atoms with Crippen molar-refractivity contribution in [2.45, 2.75) is 19.4 Å². The van der Waals surface area contributed by atoms with Crippen LogP contribution in [-0.4, -0.2) is 29.1 Å². The molecule has 1 aromatic carbocycles. The summed E-state index contributed by atoms with van der Waals surface area (Å²) in [4.78, 5) is 34.0. The largest absolute Gasteiger partial charge is 0.497 e. The topological polar surface area (TPSA) is 92.7 Å². The normalized spacial score (nSPS) is 19.1. The van der Waals surface area contributed by atoms with Gasteiger partial charge in [0.05, 0.1) is 23.4 Å². The van der Waals surface area contributed by atoms with E-state index in [0.29, 0.717) is 21.7 Å². The lowest BCUT2D eigenvalue weighted by atomic mass is 10.2. The number of aromatic nitrogens is 1. The first kappa shape index (κ1) is 18.7. The third kappa shape index (κ3) is 4.60. The number of amides is 2. The van der Waals surface area contributed by atoms with Gasteiger partial charge in [0.2, 0.25) is 5.91 Å². The summed E-state index contributed by atoms with van der Waals surface area (Å²) in [6.45, 7) is 0.449. The zero-order valence-electron chi connectivity index (χ0n) is 15.1. The van der Waals surface area contributed by atoms with Crippen molar-refractivity contribution < 1.29 is 14.3 Å². The fourth-order valence-electron chi connectivity index (χ4n) is 2.53. The van der Waals surface area contributed by atoms with Gasteiger partial charge in [0.1, 0.15) is 5.75 Å². The van der Waals surface area contributed by atoms with Crippen LogP contribution in [0.25, 0.3) is 6.08 Å². The highest BCUT2D eigenvalue weighted by Gasteiger charge is 2.30. The molecule has 9 heteroatoms. The van der Waals surface area contributed by atoms with E-state index in [2.05, 4.69) is 20.6 Å². The van der Waals surface area contributed by atoms with Crippen LogP contribution >= 0.6 is 23.1 Å². The van der Waals surface area contributed by atoms with E-state index in [0.717, 1.165) is 29.0 Å². The van der Waals surface area contributed by atoms with E-state index in [9.17, 15) is 9.59 Å². The number of aliphatic imine (C=N–C) groups is 1. The molecule has 28 heavy (non-hydrogen) atoms. The number of carbonyl (C=O) groups is 2. The Morgan fingerprint density at radius 2 is 2.32 bits per heavy atom. The van der Waals surface area contributed by atoms with E-state index in [1.807, 2.05) is 24.3 Å². The van der Waals surface area contributed by atoms with Crippen LogP contribution in [0.1, 0.15) is 23.3 Å². The number of methoxy groups -OCH3 is 1. The monoisotopic (exact) mass is 414 g/mol. The second-order valence-electron chi connectivity index (χ2n) is 6.37. The number of benzene rings is 1. The van der Waals surface area contributed by atoms with Gasteiger partial charge in [-0.3, -0.25) is 14.6 Å². The molecule has 2 N–H and O–H groups in total. The van der Waals surface area contributed by atoms with Gasteiger partial charge in [-0.15, -0.1) is 0 Å². The number of ether oxygens (including phenoxy) is 1. The first-order valence-corrected chi connectivity index (χ1v) is 10.4. The van der Waals surface area contributed by atoms with Crippen LogP contribution in [0.3, 0.4) is 0 Å². The maximum absolute atomic E-state index is 12.2. The fraction of sp³-hybridized carbons (Fsp3) is 0.263. The molecule has 0 bridgehead atoms. The number of hydrogen-bond donors (Lipinski definition) is 2. The first-order valence-electron chi connectivity index (χ1n) is 8.75. The number of hydrogen-bond acceptors (Lipinski definition) is 7. The Morgan fingerprint density at radius 1 is 1.46 bits per heavy atom. The number of nitrogens with one attached hydrogen (secondary N) is 2. The number of anilines is 1. The van der Waals surface area contributed by atoms with E-state index < -0.39 is 0 Å². The van der Waals surface area contributed by atoms with Gasteiger partial charge in [0.15, 0.2) is 10.3 Å². The minimum absolute atomic E-state index is 0.0218. The molecule has 0 atom stereocenters. The first-order chi connectivity index (χ1) is 13.6. The van der Waals surface area contributed by atoms with Gasteiger partial charge >= 0.3 is 0 Å². The van der Waals surface area contributed by atoms with Crippen molar-refractivity contribution in [2.24, 2.45) is 10.9 Å². The van der Waals surface area contributed by atoms with E-state index in [4.69, 9.17) is 4.74 Å². The van der Waals surface area contributed by atoms with Crippen LogP contribution in [-0.2, 0) is 16.1 Å². The van der Waals surface area contributed by atoms with E-state index in [1.54, 1.807) is 19.4 Å². The predicted octanol–water partition coefficient (Wildman–Crippen LogP) is 3.26. The smallest absolute Gasteiger partial charge is 0.264 e. The molecule has 4 rings (SSSR count). The molecule has 2 fully saturated rings. The maximum atomic E-state index is 12.2. The fourth-order valence-corrected chi connectivity index (χ4v) is 4.18. The van der Waals surface area contributed by atoms with Gasteiger partial charge in [-0.25, -0.2) is 4.98 Å². The molecule has 0 radical (unpaired) electrons. The van der Waals surface area contributed by atoms with Crippen molar-refractivity contribution >= 4 is 51.3 Å². The molecule has 7 nitrogen and oxygen atoms in total. The van der Waals surface area contributed by atoms with Crippen LogP contribution < -0.4 is 15.4 Å². The van der Waals surface area contributed by atoms with Gasteiger partial charge in [0, 0.05) is 12.1 Å². The lowest BCUT2D eigenvalue weighted by Gasteiger charge is -2.02. The summed E-state index contributed by atoms with van der Waals surface area (Å²) in [6, 6.07) is 7.65.